The van der Waals surface area contributed by atoms with Crippen molar-refractivity contribution >= 4 is 68.3 Å². The Morgan fingerprint density at radius 2 is 1.36 bits per heavy atom. The van der Waals surface area contributed by atoms with Crippen molar-refractivity contribution in [3.63, 3.8) is 0 Å². The third-order valence-electron chi connectivity index (χ3n) is 5.44. The molecule has 0 unspecified atom stereocenters. The second-order valence-corrected chi connectivity index (χ2v) is 9.98. The van der Waals surface area contributed by atoms with Gasteiger partial charge in [-0.1, -0.05) is 73.5 Å². The first-order chi connectivity index (χ1) is 17.7. The number of unbranched alkanes of at least 4 members (excludes halogenated alkanes) is 3. The number of hydrogen-bond acceptors (Lipinski definition) is 5. The summed E-state index contributed by atoms with van der Waals surface area (Å²) in [6.45, 7) is 0. The van der Waals surface area contributed by atoms with Crippen LogP contribution in [0, 0.1) is 5.41 Å². The number of benzene rings is 4. The summed E-state index contributed by atoms with van der Waals surface area (Å²) in [5.41, 5.74) is 8.70. The molecule has 0 saturated carbocycles. The molecule has 0 aromatic heterocycles. The number of rotatable bonds is 10. The Labute approximate surface area is 224 Å². The Hall–Kier alpha value is -2.96. The van der Waals surface area contributed by atoms with E-state index in [2.05, 4.69) is 71.2 Å². The van der Waals surface area contributed by atoms with E-state index in [1.54, 1.807) is 11.8 Å². The number of nitrogens with one attached hydrogen (secondary N) is 2. The second-order valence-electron chi connectivity index (χ2n) is 8.02. The van der Waals surface area contributed by atoms with Crippen molar-refractivity contribution in [2.24, 2.45) is 10.7 Å². The largest absolute Gasteiger partial charge is 0.390 e. The maximum absolute atomic E-state index is 6.78. The zero-order valence-electron chi connectivity index (χ0n) is 21.3. The van der Waals surface area contributed by atoms with Crippen molar-refractivity contribution in [3.8, 4) is 0 Å². The lowest BCUT2D eigenvalue weighted by Gasteiger charge is -2.01. The first kappa shape index (κ1) is 29.3. The minimum absolute atomic E-state index is 0.890. The van der Waals surface area contributed by atoms with Crippen LogP contribution in [0.1, 0.15) is 25.7 Å². The monoisotopic (exact) mass is 518 g/mol. The van der Waals surface area contributed by atoms with Gasteiger partial charge in [0.1, 0.15) is 0 Å². The fourth-order valence-electron chi connectivity index (χ4n) is 3.53. The fraction of sp³-hybridized carbons (Fsp3) is 0.267. The molecule has 0 bridgehead atoms. The van der Waals surface area contributed by atoms with Crippen LogP contribution in [0.3, 0.4) is 0 Å². The molecule has 0 saturated heterocycles. The van der Waals surface area contributed by atoms with E-state index in [-0.39, 0.29) is 0 Å². The number of aliphatic imine (C=N–C) groups is 1. The molecule has 0 spiro atoms. The summed E-state index contributed by atoms with van der Waals surface area (Å²) in [6, 6.07) is 28.9. The summed E-state index contributed by atoms with van der Waals surface area (Å²) < 4.78 is 0. The molecule has 4 aromatic carbocycles. The van der Waals surface area contributed by atoms with Gasteiger partial charge < -0.3 is 16.5 Å². The maximum Gasteiger partial charge on any atom is 0.0860 e. The Kier molecular flexibility index (Phi) is 14.9. The minimum atomic E-state index is 0.890. The van der Waals surface area contributed by atoms with Crippen LogP contribution in [0.25, 0.3) is 21.5 Å². The summed E-state index contributed by atoms with van der Waals surface area (Å²) in [5, 5.41) is 14.9. The average Bonchev–Trinajstić information content (AvgIpc) is 2.93. The quantitative estimate of drug-likeness (QED) is 0.112. The zero-order chi connectivity index (χ0) is 25.8. The SMILES string of the molecule is CNc1ccc2ccccc2c1.CSCCCCCCSC=N.NC=Nc1ccc2ccccc2c1. The standard InChI is InChI=1S/C11H10N2.C11H11N.C8H17NS2/c12-8-13-11-6-5-9-3-1-2-4-10(9)7-11;1-12-11-7-6-9-4-2-3-5-10(9)8-11;1-10-6-4-2-3-5-7-11-8-9/h1-8H,(H2,12,13);2-8,12H,1H3;8-9H,2-7H2,1H3. The second kappa shape index (κ2) is 18.3. The van der Waals surface area contributed by atoms with E-state index in [0.717, 1.165) is 17.1 Å². The first-order valence-corrected chi connectivity index (χ1v) is 14.6. The molecule has 6 heteroatoms. The molecule has 0 fully saturated rings. The van der Waals surface area contributed by atoms with E-state index in [1.165, 1.54) is 64.9 Å². The van der Waals surface area contributed by atoms with Crippen molar-refractivity contribution in [3.05, 3.63) is 84.9 Å². The van der Waals surface area contributed by atoms with Crippen LogP contribution in [-0.2, 0) is 0 Å². The predicted octanol–water partition coefficient (Wildman–Crippen LogP) is 8.59. The van der Waals surface area contributed by atoms with Gasteiger partial charge in [-0.2, -0.15) is 11.8 Å². The normalized spacial score (nSPS) is 10.4. The van der Waals surface area contributed by atoms with Crippen LogP contribution >= 0.6 is 23.5 Å². The molecule has 4 aromatic rings. The Morgan fingerprint density at radius 1 is 0.778 bits per heavy atom. The van der Waals surface area contributed by atoms with E-state index >= 15 is 0 Å². The van der Waals surface area contributed by atoms with Gasteiger partial charge in [0.2, 0.25) is 0 Å². The summed E-state index contributed by atoms with van der Waals surface area (Å²) in [6.07, 6.45) is 8.79. The third-order valence-corrected chi connectivity index (χ3v) is 6.83. The van der Waals surface area contributed by atoms with E-state index in [4.69, 9.17) is 11.1 Å². The molecule has 0 atom stereocenters. The molecule has 190 valence electrons. The highest BCUT2D eigenvalue weighted by Gasteiger charge is 1.93. The smallest absolute Gasteiger partial charge is 0.0860 e. The molecule has 4 N–H and O–H groups in total. The van der Waals surface area contributed by atoms with Crippen LogP contribution in [0.2, 0.25) is 0 Å². The lowest BCUT2D eigenvalue weighted by molar-refractivity contribution is 0.712. The molecule has 4 nitrogen and oxygen atoms in total. The van der Waals surface area contributed by atoms with Gasteiger partial charge in [0.05, 0.1) is 17.6 Å². The summed E-state index contributed by atoms with van der Waals surface area (Å²) in [4.78, 5) is 4.01. The lowest BCUT2D eigenvalue weighted by Crippen LogP contribution is -1.86. The van der Waals surface area contributed by atoms with E-state index in [1.807, 2.05) is 49.1 Å². The average molecular weight is 519 g/mol. The molecule has 0 aliphatic heterocycles. The van der Waals surface area contributed by atoms with Gasteiger partial charge in [0.25, 0.3) is 0 Å². The molecular weight excluding hydrogens is 480 g/mol. The van der Waals surface area contributed by atoms with Crippen molar-refractivity contribution in [2.75, 3.05) is 30.1 Å². The zero-order valence-corrected chi connectivity index (χ0v) is 23.0. The number of hydrogen-bond donors (Lipinski definition) is 3. The third kappa shape index (κ3) is 11.2. The lowest BCUT2D eigenvalue weighted by atomic mass is 10.1. The van der Waals surface area contributed by atoms with Crippen molar-refractivity contribution in [1.29, 1.82) is 5.41 Å². The summed E-state index contributed by atoms with van der Waals surface area (Å²) in [7, 11) is 1.93. The van der Waals surface area contributed by atoms with Crippen LogP contribution < -0.4 is 11.1 Å². The van der Waals surface area contributed by atoms with E-state index in [0.29, 0.717) is 0 Å². The van der Waals surface area contributed by atoms with Gasteiger partial charge in [0.15, 0.2) is 0 Å². The molecule has 0 aliphatic carbocycles. The minimum Gasteiger partial charge on any atom is -0.390 e. The first-order valence-electron chi connectivity index (χ1n) is 12.2. The van der Waals surface area contributed by atoms with Gasteiger partial charge in [-0.15, -0.1) is 11.8 Å². The van der Waals surface area contributed by atoms with Crippen LogP contribution in [-0.4, -0.2) is 36.7 Å². The van der Waals surface area contributed by atoms with Gasteiger partial charge in [-0.05, 0) is 76.4 Å². The molecule has 0 aliphatic rings. The van der Waals surface area contributed by atoms with Gasteiger partial charge in [0, 0.05) is 12.7 Å². The highest BCUT2D eigenvalue weighted by Crippen LogP contribution is 2.20. The van der Waals surface area contributed by atoms with Crippen LogP contribution in [0.5, 0.6) is 0 Å². The molecule has 4 rings (SSSR count). The van der Waals surface area contributed by atoms with Gasteiger partial charge in [-0.25, -0.2) is 4.99 Å². The van der Waals surface area contributed by atoms with Crippen LogP contribution in [0.4, 0.5) is 11.4 Å². The fourth-order valence-corrected chi connectivity index (χ4v) is 4.51. The van der Waals surface area contributed by atoms with Crippen molar-refractivity contribution in [1.82, 2.24) is 0 Å². The maximum atomic E-state index is 6.78. The van der Waals surface area contributed by atoms with Crippen LogP contribution in [0.15, 0.2) is 89.9 Å². The molecule has 0 amide bonds. The number of nitrogens with two attached hydrogens (primary N) is 1. The summed E-state index contributed by atoms with van der Waals surface area (Å²) >= 11 is 3.54. The topological polar surface area (TPSA) is 74.3 Å². The molecule has 0 radical (unpaired) electrons. The number of nitrogens with zero attached hydrogens (tertiary/aromatic N) is 1. The Morgan fingerprint density at radius 3 is 1.94 bits per heavy atom. The van der Waals surface area contributed by atoms with Crippen molar-refractivity contribution in [2.45, 2.75) is 25.7 Å². The number of anilines is 1. The summed E-state index contributed by atoms with van der Waals surface area (Å²) in [5.74, 6) is 2.43. The Bertz CT molecular complexity index is 1190. The van der Waals surface area contributed by atoms with E-state index in [9.17, 15) is 0 Å². The number of fused-ring (bicyclic) bond motifs is 2. The molecular formula is C30H38N4S2. The predicted molar refractivity (Wildman–Crippen MR) is 168 cm³/mol. The van der Waals surface area contributed by atoms with Gasteiger partial charge >= 0.3 is 0 Å². The highest BCUT2D eigenvalue weighted by molar-refractivity contribution is 8.11. The molecule has 36 heavy (non-hydrogen) atoms. The van der Waals surface area contributed by atoms with E-state index < -0.39 is 0 Å². The number of thioether (sulfide) groups is 2. The van der Waals surface area contributed by atoms with Gasteiger partial charge in [-0.3, -0.25) is 0 Å². The Balaban J connectivity index is 0.000000191. The van der Waals surface area contributed by atoms with Crippen molar-refractivity contribution < 1.29 is 0 Å². The highest BCUT2D eigenvalue weighted by atomic mass is 32.2. The molecule has 0 heterocycles.